The van der Waals surface area contributed by atoms with Gasteiger partial charge in [-0.25, -0.2) is 9.78 Å². The van der Waals surface area contributed by atoms with Crippen LogP contribution in [0.25, 0.3) is 11.3 Å². The number of benzene rings is 1. The molecular weight excluding hydrogens is 458 g/mol. The molecule has 0 atom stereocenters. The van der Waals surface area contributed by atoms with Gasteiger partial charge in [-0.1, -0.05) is 0 Å². The molecule has 1 aliphatic rings. The van der Waals surface area contributed by atoms with E-state index in [1.807, 2.05) is 0 Å². The van der Waals surface area contributed by atoms with Crippen molar-refractivity contribution in [1.82, 2.24) is 20.1 Å². The minimum absolute atomic E-state index is 0.275. The molecular formula is C23H29N5O7. The fourth-order valence-corrected chi connectivity index (χ4v) is 3.61. The molecule has 2 N–H and O–H groups in total. The number of piperazine rings is 1. The van der Waals surface area contributed by atoms with E-state index in [1.54, 1.807) is 30.0 Å². The van der Waals surface area contributed by atoms with E-state index in [0.717, 1.165) is 0 Å². The summed E-state index contributed by atoms with van der Waals surface area (Å²) in [5.74, 6) is -1.36. The molecule has 1 aromatic carbocycles. The number of carbonyl (C=O) groups excluding carboxylic acids is 4. The molecule has 1 saturated heterocycles. The van der Waals surface area contributed by atoms with E-state index in [2.05, 4.69) is 15.6 Å². The number of nitrogens with zero attached hydrogens (tertiary/aromatic N) is 3. The van der Waals surface area contributed by atoms with Crippen molar-refractivity contribution < 1.29 is 33.1 Å². The number of anilines is 1. The standard InChI is InChI=1S/C23H29N5O7/c1-5-34-22(32)28-10-8-27(9-11-28)21(31)23(2,3)26-20(30)19(29)25-15-6-7-16(17(12-15)33-4)18-13-24-14-35-18/h6-7,12-14H,5,8-11H2,1-4H3,(H,25,29)(H,26,30). The van der Waals surface area contributed by atoms with Gasteiger partial charge in [0.2, 0.25) is 5.91 Å². The summed E-state index contributed by atoms with van der Waals surface area (Å²) in [5, 5.41) is 4.99. The quantitative estimate of drug-likeness (QED) is 0.584. The van der Waals surface area contributed by atoms with Crippen LogP contribution in [0.5, 0.6) is 5.75 Å². The van der Waals surface area contributed by atoms with Gasteiger partial charge in [0.05, 0.1) is 25.5 Å². The molecule has 0 spiro atoms. The van der Waals surface area contributed by atoms with Crippen LogP contribution >= 0.6 is 0 Å². The molecule has 0 radical (unpaired) electrons. The summed E-state index contributed by atoms with van der Waals surface area (Å²) < 4.78 is 15.6. The van der Waals surface area contributed by atoms with E-state index in [-0.39, 0.29) is 12.5 Å². The first-order valence-electron chi connectivity index (χ1n) is 11.1. The molecule has 1 aliphatic heterocycles. The minimum atomic E-state index is -1.34. The summed E-state index contributed by atoms with van der Waals surface area (Å²) in [6, 6.07) is 4.80. The average Bonchev–Trinajstić information content (AvgIpc) is 3.38. The van der Waals surface area contributed by atoms with E-state index in [1.165, 1.54) is 38.4 Å². The van der Waals surface area contributed by atoms with Gasteiger partial charge in [-0.05, 0) is 32.9 Å². The van der Waals surface area contributed by atoms with Crippen LogP contribution in [-0.2, 0) is 19.1 Å². The van der Waals surface area contributed by atoms with Gasteiger partial charge in [0.15, 0.2) is 12.2 Å². The van der Waals surface area contributed by atoms with E-state index in [4.69, 9.17) is 13.9 Å². The van der Waals surface area contributed by atoms with E-state index in [0.29, 0.717) is 48.9 Å². The molecule has 3 rings (SSSR count). The van der Waals surface area contributed by atoms with Crippen molar-refractivity contribution in [1.29, 1.82) is 0 Å². The third-order valence-electron chi connectivity index (χ3n) is 5.42. The fraction of sp³-hybridized carbons (Fsp3) is 0.435. The Morgan fingerprint density at radius 3 is 2.37 bits per heavy atom. The van der Waals surface area contributed by atoms with Crippen LogP contribution in [0.3, 0.4) is 0 Å². The smallest absolute Gasteiger partial charge is 0.409 e. The maximum atomic E-state index is 13.0. The highest BCUT2D eigenvalue weighted by atomic mass is 16.6. The van der Waals surface area contributed by atoms with Gasteiger partial charge in [0, 0.05) is 37.9 Å². The van der Waals surface area contributed by atoms with Crippen LogP contribution in [0, 0.1) is 0 Å². The van der Waals surface area contributed by atoms with Crippen LogP contribution in [0.4, 0.5) is 10.5 Å². The molecule has 12 nitrogen and oxygen atoms in total. The van der Waals surface area contributed by atoms with Gasteiger partial charge in [0.25, 0.3) is 0 Å². The second kappa shape index (κ2) is 10.9. The number of oxazole rings is 1. The maximum absolute atomic E-state index is 13.0. The van der Waals surface area contributed by atoms with Crippen molar-refractivity contribution in [2.24, 2.45) is 0 Å². The number of nitrogens with one attached hydrogen (secondary N) is 2. The number of methoxy groups -OCH3 is 1. The molecule has 0 unspecified atom stereocenters. The Hall–Kier alpha value is -4.09. The highest BCUT2D eigenvalue weighted by Crippen LogP contribution is 2.32. The average molecular weight is 488 g/mol. The lowest BCUT2D eigenvalue weighted by atomic mass is 10.0. The molecule has 35 heavy (non-hydrogen) atoms. The van der Waals surface area contributed by atoms with Crippen molar-refractivity contribution in [2.75, 3.05) is 45.2 Å². The Labute approximate surface area is 202 Å². The van der Waals surface area contributed by atoms with Gasteiger partial charge in [-0.15, -0.1) is 0 Å². The zero-order valence-electron chi connectivity index (χ0n) is 20.1. The number of rotatable bonds is 6. The SMILES string of the molecule is CCOC(=O)N1CCN(C(=O)C(C)(C)NC(=O)C(=O)Nc2ccc(-c3cnco3)c(OC)c2)CC1. The lowest BCUT2D eigenvalue weighted by molar-refractivity contribution is -0.144. The normalized spacial score (nSPS) is 13.7. The van der Waals surface area contributed by atoms with Crippen LogP contribution in [0.15, 0.2) is 35.2 Å². The molecule has 0 saturated carbocycles. The van der Waals surface area contributed by atoms with Crippen LogP contribution in [-0.4, -0.2) is 84.0 Å². The maximum Gasteiger partial charge on any atom is 0.409 e. The Bertz CT molecular complexity index is 1080. The summed E-state index contributed by atoms with van der Waals surface area (Å²) in [6.07, 6.45) is 2.40. The molecule has 0 aliphatic carbocycles. The molecule has 0 bridgehead atoms. The first-order valence-corrected chi connectivity index (χ1v) is 11.1. The lowest BCUT2D eigenvalue weighted by Crippen LogP contribution is -2.61. The minimum Gasteiger partial charge on any atom is -0.496 e. The molecule has 2 heterocycles. The molecule has 1 aromatic heterocycles. The van der Waals surface area contributed by atoms with Crippen molar-refractivity contribution in [2.45, 2.75) is 26.3 Å². The van der Waals surface area contributed by atoms with Crippen LogP contribution in [0.2, 0.25) is 0 Å². The van der Waals surface area contributed by atoms with E-state index < -0.39 is 23.4 Å². The third-order valence-corrected chi connectivity index (χ3v) is 5.42. The number of carbonyl (C=O) groups is 4. The van der Waals surface area contributed by atoms with E-state index >= 15 is 0 Å². The van der Waals surface area contributed by atoms with Gasteiger partial charge < -0.3 is 34.3 Å². The molecule has 2 aromatic rings. The van der Waals surface area contributed by atoms with Gasteiger partial charge in [-0.2, -0.15) is 0 Å². The summed E-state index contributed by atoms with van der Waals surface area (Å²) in [5.41, 5.74) is -0.388. The van der Waals surface area contributed by atoms with Crippen molar-refractivity contribution in [3.63, 3.8) is 0 Å². The number of hydrogen-bond acceptors (Lipinski definition) is 8. The van der Waals surface area contributed by atoms with Crippen LogP contribution in [0.1, 0.15) is 20.8 Å². The summed E-state index contributed by atoms with van der Waals surface area (Å²) in [4.78, 5) is 56.8. The second-order valence-electron chi connectivity index (χ2n) is 8.29. The Balaban J connectivity index is 1.58. The topological polar surface area (TPSA) is 143 Å². The Morgan fingerprint density at radius 1 is 1.09 bits per heavy atom. The highest BCUT2D eigenvalue weighted by Gasteiger charge is 2.37. The second-order valence-corrected chi connectivity index (χ2v) is 8.29. The molecule has 1 fully saturated rings. The first-order chi connectivity index (χ1) is 16.7. The number of ether oxygens (including phenoxy) is 2. The number of amides is 4. The molecule has 4 amide bonds. The third kappa shape index (κ3) is 6.08. The summed E-state index contributed by atoms with van der Waals surface area (Å²) in [6.45, 7) is 6.27. The van der Waals surface area contributed by atoms with Crippen molar-refractivity contribution in [3.8, 4) is 17.1 Å². The van der Waals surface area contributed by atoms with Gasteiger partial charge >= 0.3 is 17.9 Å². The largest absolute Gasteiger partial charge is 0.496 e. The zero-order chi connectivity index (χ0) is 25.6. The van der Waals surface area contributed by atoms with Crippen LogP contribution < -0.4 is 15.4 Å². The monoisotopic (exact) mass is 487 g/mol. The number of aromatic nitrogens is 1. The summed E-state index contributed by atoms with van der Waals surface area (Å²) in [7, 11) is 1.47. The zero-order valence-corrected chi connectivity index (χ0v) is 20.1. The predicted octanol–water partition coefficient (Wildman–Crippen LogP) is 1.48. The first kappa shape index (κ1) is 25.5. The van der Waals surface area contributed by atoms with Gasteiger partial charge in [-0.3, -0.25) is 14.4 Å². The lowest BCUT2D eigenvalue weighted by Gasteiger charge is -2.38. The fourth-order valence-electron chi connectivity index (χ4n) is 3.61. The van der Waals surface area contributed by atoms with Gasteiger partial charge in [0.1, 0.15) is 11.3 Å². The summed E-state index contributed by atoms with van der Waals surface area (Å²) >= 11 is 0. The van der Waals surface area contributed by atoms with Crippen molar-refractivity contribution >= 4 is 29.5 Å². The Kier molecular flexibility index (Phi) is 7.94. The number of hydrogen-bond donors (Lipinski definition) is 2. The Morgan fingerprint density at radius 2 is 1.77 bits per heavy atom. The highest BCUT2D eigenvalue weighted by molar-refractivity contribution is 6.40. The molecule has 12 heteroatoms. The molecule has 188 valence electrons. The predicted molar refractivity (Wildman–Crippen MR) is 125 cm³/mol. The van der Waals surface area contributed by atoms with E-state index in [9.17, 15) is 19.2 Å². The van der Waals surface area contributed by atoms with Crippen molar-refractivity contribution in [3.05, 3.63) is 30.8 Å².